The van der Waals surface area contributed by atoms with Crippen LogP contribution in [0.4, 0.5) is 0 Å². The van der Waals surface area contributed by atoms with E-state index in [0.29, 0.717) is 24.5 Å². The van der Waals surface area contributed by atoms with E-state index in [1.54, 1.807) is 6.07 Å². The average molecular weight is 305 g/mol. The van der Waals surface area contributed by atoms with Crippen LogP contribution in [0.25, 0.3) is 0 Å². The zero-order chi connectivity index (χ0) is 15.2. The molecule has 0 saturated carbocycles. The number of nitrogens with one attached hydrogen (secondary N) is 1. The molecule has 0 aliphatic carbocycles. The van der Waals surface area contributed by atoms with E-state index in [0.717, 1.165) is 38.9 Å². The predicted molar refractivity (Wildman–Crippen MR) is 82.2 cm³/mol. The van der Waals surface area contributed by atoms with Crippen molar-refractivity contribution >= 4 is 5.91 Å². The normalized spacial score (nSPS) is 24.4. The lowest BCUT2D eigenvalue weighted by atomic mass is 10.1. The number of ether oxygens (including phenoxy) is 3. The Bertz CT molecular complexity index is 493. The van der Waals surface area contributed by atoms with Crippen molar-refractivity contribution in [2.45, 2.75) is 37.9 Å². The van der Waals surface area contributed by atoms with Crippen molar-refractivity contribution in [1.82, 2.24) is 5.32 Å². The summed E-state index contributed by atoms with van der Waals surface area (Å²) in [5.74, 6) is 0.501. The molecule has 0 unspecified atom stereocenters. The third-order valence-electron chi connectivity index (χ3n) is 4.09. The Hall–Kier alpha value is -1.59. The van der Waals surface area contributed by atoms with E-state index >= 15 is 0 Å². The molecule has 2 saturated heterocycles. The Morgan fingerprint density at radius 2 is 1.86 bits per heavy atom. The number of hydrogen-bond acceptors (Lipinski definition) is 4. The molecule has 0 bridgehead atoms. The first-order chi connectivity index (χ1) is 10.8. The molecule has 2 aliphatic heterocycles. The molecule has 1 amide bonds. The van der Waals surface area contributed by atoms with Crippen molar-refractivity contribution in [2.24, 2.45) is 0 Å². The van der Waals surface area contributed by atoms with Gasteiger partial charge in [-0.2, -0.15) is 0 Å². The molecular weight excluding hydrogens is 282 g/mol. The molecule has 1 aromatic carbocycles. The zero-order valence-corrected chi connectivity index (χ0v) is 12.8. The van der Waals surface area contributed by atoms with Crippen LogP contribution >= 0.6 is 0 Å². The van der Waals surface area contributed by atoms with Gasteiger partial charge in [-0.3, -0.25) is 4.79 Å². The largest absolute Gasteiger partial charge is 0.490 e. The fourth-order valence-corrected chi connectivity index (χ4v) is 2.85. The summed E-state index contributed by atoms with van der Waals surface area (Å²) in [6, 6.07) is 7.34. The minimum absolute atomic E-state index is 0.113. The molecule has 5 nitrogen and oxygen atoms in total. The van der Waals surface area contributed by atoms with Crippen LogP contribution in [0.2, 0.25) is 0 Å². The summed E-state index contributed by atoms with van der Waals surface area (Å²) < 4.78 is 16.9. The molecule has 0 spiro atoms. The molecule has 2 fully saturated rings. The third-order valence-corrected chi connectivity index (χ3v) is 4.09. The Balaban J connectivity index is 1.55. The molecule has 5 heteroatoms. The third kappa shape index (κ3) is 3.99. The van der Waals surface area contributed by atoms with Gasteiger partial charge in [-0.05, 0) is 37.8 Å². The average Bonchev–Trinajstić information content (AvgIpc) is 3.24. The smallest absolute Gasteiger partial charge is 0.255 e. The van der Waals surface area contributed by atoms with E-state index in [1.165, 1.54) is 0 Å². The summed E-state index contributed by atoms with van der Waals surface area (Å²) in [5.41, 5.74) is 0.568. The van der Waals surface area contributed by atoms with Crippen LogP contribution in [-0.4, -0.2) is 44.5 Å². The topological polar surface area (TPSA) is 56.8 Å². The van der Waals surface area contributed by atoms with Crippen LogP contribution in [0, 0.1) is 0 Å². The van der Waals surface area contributed by atoms with E-state index in [4.69, 9.17) is 14.2 Å². The van der Waals surface area contributed by atoms with Gasteiger partial charge < -0.3 is 19.5 Å². The number of benzene rings is 1. The summed E-state index contributed by atoms with van der Waals surface area (Å²) in [6.45, 7) is 2.65. The summed E-state index contributed by atoms with van der Waals surface area (Å²) in [4.78, 5) is 12.3. The van der Waals surface area contributed by atoms with Crippen LogP contribution in [-0.2, 0) is 9.47 Å². The minimum Gasteiger partial charge on any atom is -0.490 e. The van der Waals surface area contributed by atoms with Crippen LogP contribution in [0.1, 0.15) is 36.0 Å². The standard InChI is InChI=1S/C17H23NO4/c19-17(18-11-13-5-3-9-20-13)15-7-1-2-8-16(15)22-12-14-6-4-10-21-14/h1-2,7-8,13-14H,3-6,9-12H2,(H,18,19)/t13-,14+/m0/s1. The highest BCUT2D eigenvalue weighted by Gasteiger charge is 2.20. The van der Waals surface area contributed by atoms with E-state index in [1.807, 2.05) is 18.2 Å². The predicted octanol–water partition coefficient (Wildman–Crippen LogP) is 2.15. The summed E-state index contributed by atoms with van der Waals surface area (Å²) in [6.07, 6.45) is 4.47. The lowest BCUT2D eigenvalue weighted by Crippen LogP contribution is -2.32. The quantitative estimate of drug-likeness (QED) is 0.875. The van der Waals surface area contributed by atoms with Crippen molar-refractivity contribution in [3.8, 4) is 5.75 Å². The molecule has 1 N–H and O–H groups in total. The Kier molecular flexibility index (Phi) is 5.29. The first-order valence-electron chi connectivity index (χ1n) is 8.06. The molecule has 2 aliphatic rings. The second kappa shape index (κ2) is 7.61. The molecule has 22 heavy (non-hydrogen) atoms. The highest BCUT2D eigenvalue weighted by atomic mass is 16.5. The van der Waals surface area contributed by atoms with Crippen LogP contribution in [0.15, 0.2) is 24.3 Å². The first kappa shape index (κ1) is 15.3. The molecule has 0 aromatic heterocycles. The van der Waals surface area contributed by atoms with Gasteiger partial charge in [-0.1, -0.05) is 12.1 Å². The van der Waals surface area contributed by atoms with Crippen LogP contribution < -0.4 is 10.1 Å². The van der Waals surface area contributed by atoms with E-state index in [9.17, 15) is 4.79 Å². The lowest BCUT2D eigenvalue weighted by Gasteiger charge is -2.15. The maximum absolute atomic E-state index is 12.3. The summed E-state index contributed by atoms with van der Waals surface area (Å²) >= 11 is 0. The number of carbonyl (C=O) groups excluding carboxylic acids is 1. The van der Waals surface area contributed by atoms with Crippen LogP contribution in [0.5, 0.6) is 5.75 Å². The second-order valence-corrected chi connectivity index (χ2v) is 5.79. The van der Waals surface area contributed by atoms with E-state index < -0.39 is 0 Å². The summed E-state index contributed by atoms with van der Waals surface area (Å²) in [7, 11) is 0. The van der Waals surface area contributed by atoms with Gasteiger partial charge in [0.2, 0.25) is 0 Å². The van der Waals surface area contributed by atoms with Crippen molar-refractivity contribution in [1.29, 1.82) is 0 Å². The van der Waals surface area contributed by atoms with Gasteiger partial charge in [-0.15, -0.1) is 0 Å². The maximum Gasteiger partial charge on any atom is 0.255 e. The second-order valence-electron chi connectivity index (χ2n) is 5.79. The summed E-state index contributed by atoms with van der Waals surface area (Å²) in [5, 5.41) is 2.93. The van der Waals surface area contributed by atoms with Gasteiger partial charge in [0.1, 0.15) is 12.4 Å². The fourth-order valence-electron chi connectivity index (χ4n) is 2.85. The molecule has 3 rings (SSSR count). The number of hydrogen-bond donors (Lipinski definition) is 1. The van der Waals surface area contributed by atoms with Gasteiger partial charge in [0.05, 0.1) is 17.8 Å². The molecule has 2 heterocycles. The van der Waals surface area contributed by atoms with E-state index in [-0.39, 0.29) is 18.1 Å². The molecule has 1 aromatic rings. The Morgan fingerprint density at radius 1 is 1.14 bits per heavy atom. The first-order valence-corrected chi connectivity index (χ1v) is 8.06. The van der Waals surface area contributed by atoms with Crippen molar-refractivity contribution in [3.63, 3.8) is 0 Å². The van der Waals surface area contributed by atoms with Gasteiger partial charge in [0, 0.05) is 19.8 Å². The number of para-hydroxylation sites is 1. The maximum atomic E-state index is 12.3. The Morgan fingerprint density at radius 3 is 2.59 bits per heavy atom. The number of amides is 1. The zero-order valence-electron chi connectivity index (χ0n) is 12.8. The van der Waals surface area contributed by atoms with Gasteiger partial charge in [0.25, 0.3) is 5.91 Å². The van der Waals surface area contributed by atoms with Crippen molar-refractivity contribution in [3.05, 3.63) is 29.8 Å². The highest BCUT2D eigenvalue weighted by molar-refractivity contribution is 5.96. The minimum atomic E-state index is -0.113. The molecule has 120 valence electrons. The van der Waals surface area contributed by atoms with E-state index in [2.05, 4.69) is 5.32 Å². The lowest BCUT2D eigenvalue weighted by molar-refractivity contribution is 0.0668. The highest BCUT2D eigenvalue weighted by Crippen LogP contribution is 2.20. The van der Waals surface area contributed by atoms with Crippen molar-refractivity contribution in [2.75, 3.05) is 26.4 Å². The van der Waals surface area contributed by atoms with Crippen LogP contribution in [0.3, 0.4) is 0 Å². The molecule has 2 atom stereocenters. The molecular formula is C17H23NO4. The fraction of sp³-hybridized carbons (Fsp3) is 0.588. The number of rotatable bonds is 6. The van der Waals surface area contributed by atoms with Crippen molar-refractivity contribution < 1.29 is 19.0 Å². The van der Waals surface area contributed by atoms with Gasteiger partial charge in [-0.25, -0.2) is 0 Å². The SMILES string of the molecule is O=C(NC[C@@H]1CCCO1)c1ccccc1OC[C@H]1CCCO1. The Labute approximate surface area is 130 Å². The molecule has 0 radical (unpaired) electrons. The van der Waals surface area contributed by atoms with Gasteiger partial charge in [0.15, 0.2) is 0 Å². The number of carbonyl (C=O) groups is 1. The van der Waals surface area contributed by atoms with Gasteiger partial charge >= 0.3 is 0 Å². The monoisotopic (exact) mass is 305 g/mol.